The number of halogens is 2. The van der Waals surface area contributed by atoms with Crippen molar-refractivity contribution in [1.82, 2.24) is 10.5 Å². The Morgan fingerprint density at radius 1 is 0.864 bits per heavy atom. The highest BCUT2D eigenvalue weighted by Gasteiger charge is 2.04. The monoisotopic (exact) mass is 344 g/mol. The molecule has 0 radical (unpaired) electrons. The lowest BCUT2D eigenvalue weighted by atomic mass is 10.1. The summed E-state index contributed by atoms with van der Waals surface area (Å²) >= 11 is 0. The minimum Gasteiger partial charge on any atom is -0.487 e. The Hall–Kier alpha value is -2.32. The highest BCUT2D eigenvalue weighted by Crippen LogP contribution is 2.04. The molecule has 10 heteroatoms. The molecule has 0 aliphatic carbocycles. The number of benzene rings is 1. The van der Waals surface area contributed by atoms with Crippen LogP contribution in [0.5, 0.6) is 0 Å². The van der Waals surface area contributed by atoms with Gasteiger partial charge in [0.2, 0.25) is 12.4 Å². The van der Waals surface area contributed by atoms with Gasteiger partial charge in [-0.2, -0.15) is 0 Å². The normalized spacial score (nSPS) is 9.82. The van der Waals surface area contributed by atoms with Crippen molar-refractivity contribution >= 4 is 24.8 Å². The number of hydrogen-bond acceptors (Lipinski definition) is 4. The Morgan fingerprint density at radius 2 is 1.32 bits per heavy atom. The van der Waals surface area contributed by atoms with Gasteiger partial charge in [0, 0.05) is 11.1 Å². The molecule has 0 saturated carbocycles. The minimum atomic E-state index is 0. The van der Waals surface area contributed by atoms with Crippen LogP contribution in [0.2, 0.25) is 0 Å². The molecule has 0 aliphatic rings. The van der Waals surface area contributed by atoms with E-state index in [0.717, 1.165) is 11.1 Å². The van der Waals surface area contributed by atoms with E-state index < -0.39 is 0 Å². The Balaban J connectivity index is 0.00000121. The van der Waals surface area contributed by atoms with Gasteiger partial charge in [-0.25, -0.2) is 9.36 Å². The van der Waals surface area contributed by atoms with Crippen molar-refractivity contribution in [3.63, 3.8) is 0 Å². The van der Waals surface area contributed by atoms with Crippen LogP contribution >= 0.6 is 24.8 Å². The lowest BCUT2D eigenvalue weighted by Crippen LogP contribution is -2.38. The summed E-state index contributed by atoms with van der Waals surface area (Å²) in [6, 6.07) is 7.89. The zero-order chi connectivity index (χ0) is 13.9. The third-order valence-corrected chi connectivity index (χ3v) is 2.70. The quantitative estimate of drug-likeness (QED) is 0.607. The van der Waals surface area contributed by atoms with E-state index in [1.54, 1.807) is 9.36 Å². The number of nitrogens with one attached hydrogen (secondary N) is 2. The second kappa shape index (κ2) is 7.62. The maximum absolute atomic E-state index is 7.28. The maximum atomic E-state index is 7.28. The second-order valence-corrected chi connectivity index (χ2v) is 4.35. The lowest BCUT2D eigenvalue weighted by molar-refractivity contribution is -0.761. The Kier molecular flexibility index (Phi) is 6.14. The Bertz CT molecular complexity index is 769. The van der Waals surface area contributed by atoms with Crippen LogP contribution in [-0.4, -0.2) is 0 Å². The van der Waals surface area contributed by atoms with Gasteiger partial charge in [-0.05, 0) is 6.07 Å². The van der Waals surface area contributed by atoms with E-state index in [-0.39, 0.29) is 35.9 Å². The van der Waals surface area contributed by atoms with Gasteiger partial charge >= 0.3 is 0 Å². The third-order valence-electron chi connectivity index (χ3n) is 2.70. The first-order chi connectivity index (χ1) is 9.69. The summed E-state index contributed by atoms with van der Waals surface area (Å²) in [4.78, 5) is 0. The van der Waals surface area contributed by atoms with Crippen molar-refractivity contribution in [3.8, 4) is 0 Å². The SMILES string of the molecule is Cl.Cl.N=c1c[n+](Cc2cccc(C[n+]3cc(=N)o[n-]3)c2)[n-]o1. The van der Waals surface area contributed by atoms with Crippen molar-refractivity contribution in [2.45, 2.75) is 13.1 Å². The van der Waals surface area contributed by atoms with Crippen LogP contribution in [0.3, 0.4) is 0 Å². The van der Waals surface area contributed by atoms with Gasteiger partial charge in [-0.1, -0.05) is 18.2 Å². The highest BCUT2D eigenvalue weighted by molar-refractivity contribution is 5.85. The topological polar surface area (TPSA) is 110 Å². The number of rotatable bonds is 4. The van der Waals surface area contributed by atoms with Crippen molar-refractivity contribution in [3.05, 3.63) is 58.9 Å². The lowest BCUT2D eigenvalue weighted by Gasteiger charge is -2.02. The van der Waals surface area contributed by atoms with E-state index in [9.17, 15) is 0 Å². The molecule has 1 aromatic carbocycles. The van der Waals surface area contributed by atoms with E-state index in [1.807, 2.05) is 24.3 Å². The molecule has 0 unspecified atom stereocenters. The summed E-state index contributed by atoms with van der Waals surface area (Å²) in [6.07, 6.45) is 3.04. The average molecular weight is 345 g/mol. The smallest absolute Gasteiger partial charge is 0.264 e. The van der Waals surface area contributed by atoms with Crippen LogP contribution in [-0.2, 0) is 13.1 Å². The van der Waals surface area contributed by atoms with Gasteiger partial charge < -0.3 is 9.05 Å². The summed E-state index contributed by atoms with van der Waals surface area (Å²) in [5.74, 6) is 0. The van der Waals surface area contributed by atoms with Crippen LogP contribution in [0.15, 0.2) is 45.7 Å². The fourth-order valence-corrected chi connectivity index (χ4v) is 1.91. The number of hydrogen-bond donors (Lipinski definition) is 2. The van der Waals surface area contributed by atoms with Crippen LogP contribution in [0.4, 0.5) is 0 Å². The van der Waals surface area contributed by atoms with E-state index >= 15 is 0 Å². The average Bonchev–Trinajstić information content (AvgIpc) is 2.99. The largest absolute Gasteiger partial charge is 0.487 e. The molecule has 0 spiro atoms. The van der Waals surface area contributed by atoms with Crippen molar-refractivity contribution in [2.75, 3.05) is 0 Å². The highest BCUT2D eigenvalue weighted by atomic mass is 35.5. The second-order valence-electron chi connectivity index (χ2n) is 4.35. The van der Waals surface area contributed by atoms with E-state index in [2.05, 4.69) is 10.5 Å². The van der Waals surface area contributed by atoms with Gasteiger partial charge in [0.25, 0.3) is 11.1 Å². The fourth-order valence-electron chi connectivity index (χ4n) is 1.91. The molecule has 118 valence electrons. The first kappa shape index (κ1) is 17.7. The molecular weight excluding hydrogens is 331 g/mol. The predicted molar refractivity (Wildman–Crippen MR) is 75.3 cm³/mol. The van der Waals surface area contributed by atoms with Crippen LogP contribution in [0.1, 0.15) is 11.1 Å². The van der Waals surface area contributed by atoms with Crippen molar-refractivity contribution < 1.29 is 18.4 Å². The summed E-state index contributed by atoms with van der Waals surface area (Å²) in [7, 11) is 0. The summed E-state index contributed by atoms with van der Waals surface area (Å²) in [5.41, 5.74) is 2.14. The summed E-state index contributed by atoms with van der Waals surface area (Å²) in [6.45, 7) is 1.06. The van der Waals surface area contributed by atoms with E-state index in [1.165, 1.54) is 12.4 Å². The molecule has 8 nitrogen and oxygen atoms in total. The molecule has 3 rings (SSSR count). The standard InChI is InChI=1S/C12H12N6O2.2ClH/c13-11-7-17(15-19-11)5-9-2-1-3-10(4-9)6-18-8-12(14)20-16-18;;/h1-4,7-8,13-14H,5-6H2;2*1H. The van der Waals surface area contributed by atoms with Crippen molar-refractivity contribution in [1.29, 1.82) is 10.8 Å². The van der Waals surface area contributed by atoms with Gasteiger partial charge in [-0.3, -0.25) is 21.4 Å². The Morgan fingerprint density at radius 3 is 1.68 bits per heavy atom. The first-order valence-corrected chi connectivity index (χ1v) is 5.93. The van der Waals surface area contributed by atoms with E-state index in [0.29, 0.717) is 13.1 Å². The number of nitrogens with zero attached hydrogens (tertiary/aromatic N) is 4. The molecule has 2 aromatic heterocycles. The zero-order valence-corrected chi connectivity index (χ0v) is 12.9. The molecule has 0 atom stereocenters. The zero-order valence-electron chi connectivity index (χ0n) is 11.3. The van der Waals surface area contributed by atoms with Crippen molar-refractivity contribution in [2.24, 2.45) is 0 Å². The summed E-state index contributed by atoms with van der Waals surface area (Å²) in [5, 5.41) is 22.0. The van der Waals surface area contributed by atoms with Crippen LogP contribution in [0.25, 0.3) is 0 Å². The Labute approximate surface area is 137 Å². The fraction of sp³-hybridized carbons (Fsp3) is 0.167. The molecule has 3 aromatic rings. The van der Waals surface area contributed by atoms with Gasteiger partial charge in [0.15, 0.2) is 13.1 Å². The molecular formula is C12H14Cl2N6O2. The van der Waals surface area contributed by atoms with Gasteiger partial charge in [0.05, 0.1) is 0 Å². The van der Waals surface area contributed by atoms with Crippen LogP contribution < -0.4 is 31.0 Å². The maximum Gasteiger partial charge on any atom is 0.264 e. The van der Waals surface area contributed by atoms with Crippen LogP contribution in [0, 0.1) is 10.8 Å². The molecule has 2 heterocycles. The molecule has 0 fully saturated rings. The molecule has 22 heavy (non-hydrogen) atoms. The molecule has 2 N–H and O–H groups in total. The first-order valence-electron chi connectivity index (χ1n) is 5.93. The third kappa shape index (κ3) is 4.34. The van der Waals surface area contributed by atoms with Gasteiger partial charge in [-0.15, -0.1) is 24.8 Å². The molecule has 0 bridgehead atoms. The summed E-state index contributed by atoms with van der Waals surface area (Å²) < 4.78 is 12.5. The minimum absolute atomic E-state index is 0. The van der Waals surface area contributed by atoms with Gasteiger partial charge in [0.1, 0.15) is 0 Å². The molecule has 0 amide bonds. The molecule has 0 aliphatic heterocycles. The van der Waals surface area contributed by atoms with E-state index in [4.69, 9.17) is 19.9 Å². The predicted octanol–water partition coefficient (Wildman–Crippen LogP) is -0.739. The number of aromatic nitrogens is 4. The molecule has 0 saturated heterocycles.